The summed E-state index contributed by atoms with van der Waals surface area (Å²) in [5, 5.41) is 6.09. The fraction of sp³-hybridized carbons (Fsp3) is 0.533. The van der Waals surface area contributed by atoms with Gasteiger partial charge in [-0.25, -0.2) is 0 Å². The Morgan fingerprint density at radius 1 is 1.38 bits per heavy atom. The van der Waals surface area contributed by atoms with Gasteiger partial charge in [0, 0.05) is 12.1 Å². The topological polar surface area (TPSA) is 41.1 Å². The summed E-state index contributed by atoms with van der Waals surface area (Å²) in [4.78, 5) is 12.0. The number of benzene rings is 1. The molecule has 1 fully saturated rings. The minimum atomic E-state index is -4.43. The average molecular weight is 300 g/mol. The van der Waals surface area contributed by atoms with E-state index in [9.17, 15) is 18.0 Å². The SMILES string of the molecule is CC1CC(NC(=O)Cc2ccccc2C(F)(F)F)CCN1. The fourth-order valence-electron chi connectivity index (χ4n) is 2.67. The third kappa shape index (κ3) is 4.46. The van der Waals surface area contributed by atoms with Crippen molar-refractivity contribution in [1.82, 2.24) is 10.6 Å². The number of carbonyl (C=O) groups excluding carboxylic acids is 1. The van der Waals surface area contributed by atoms with E-state index >= 15 is 0 Å². The molecule has 1 aliphatic rings. The van der Waals surface area contributed by atoms with Crippen LogP contribution in [0.4, 0.5) is 13.2 Å². The highest BCUT2D eigenvalue weighted by molar-refractivity contribution is 5.79. The Hall–Kier alpha value is -1.56. The van der Waals surface area contributed by atoms with Crippen molar-refractivity contribution in [3.8, 4) is 0 Å². The molecule has 0 saturated carbocycles. The summed E-state index contributed by atoms with van der Waals surface area (Å²) in [5.41, 5.74) is -0.719. The van der Waals surface area contributed by atoms with Crippen molar-refractivity contribution in [3.05, 3.63) is 35.4 Å². The van der Waals surface area contributed by atoms with E-state index in [-0.39, 0.29) is 23.9 Å². The predicted octanol–water partition coefficient (Wildman–Crippen LogP) is 2.50. The molecule has 3 nitrogen and oxygen atoms in total. The molecule has 2 rings (SSSR count). The quantitative estimate of drug-likeness (QED) is 0.900. The van der Waals surface area contributed by atoms with Gasteiger partial charge in [0.1, 0.15) is 0 Å². The number of hydrogen-bond donors (Lipinski definition) is 2. The molecule has 6 heteroatoms. The first kappa shape index (κ1) is 15.8. The normalized spacial score (nSPS) is 22.9. The van der Waals surface area contributed by atoms with Crippen molar-refractivity contribution < 1.29 is 18.0 Å². The summed E-state index contributed by atoms with van der Waals surface area (Å²) in [6.07, 6.45) is -3.07. The molecular formula is C15H19F3N2O. The molecule has 2 N–H and O–H groups in total. The molecule has 0 spiro atoms. The van der Waals surface area contributed by atoms with Crippen LogP contribution in [0.2, 0.25) is 0 Å². The zero-order valence-corrected chi connectivity index (χ0v) is 11.8. The third-order valence-electron chi connectivity index (χ3n) is 3.66. The lowest BCUT2D eigenvalue weighted by Gasteiger charge is -2.28. The Morgan fingerprint density at radius 2 is 2.10 bits per heavy atom. The molecule has 0 aliphatic carbocycles. The first-order valence-corrected chi connectivity index (χ1v) is 7.04. The number of rotatable bonds is 3. The van der Waals surface area contributed by atoms with Crippen LogP contribution in [-0.4, -0.2) is 24.5 Å². The van der Waals surface area contributed by atoms with Gasteiger partial charge >= 0.3 is 6.18 Å². The molecular weight excluding hydrogens is 281 g/mol. The first-order valence-electron chi connectivity index (χ1n) is 7.04. The Kier molecular flexibility index (Phi) is 4.88. The molecule has 0 radical (unpaired) electrons. The fourth-order valence-corrected chi connectivity index (χ4v) is 2.67. The summed E-state index contributed by atoms with van der Waals surface area (Å²) in [6.45, 7) is 2.84. The monoisotopic (exact) mass is 300 g/mol. The van der Waals surface area contributed by atoms with E-state index in [2.05, 4.69) is 10.6 Å². The van der Waals surface area contributed by atoms with Gasteiger partial charge in [0.25, 0.3) is 0 Å². The third-order valence-corrected chi connectivity index (χ3v) is 3.66. The lowest BCUT2D eigenvalue weighted by molar-refractivity contribution is -0.138. The zero-order valence-electron chi connectivity index (χ0n) is 11.8. The van der Waals surface area contributed by atoms with Crippen LogP contribution in [0.15, 0.2) is 24.3 Å². The molecule has 2 unspecified atom stereocenters. The smallest absolute Gasteiger partial charge is 0.353 e. The average Bonchev–Trinajstić information content (AvgIpc) is 2.37. The summed E-state index contributed by atoms with van der Waals surface area (Å²) >= 11 is 0. The van der Waals surface area contributed by atoms with Crippen LogP contribution >= 0.6 is 0 Å². The predicted molar refractivity (Wildman–Crippen MR) is 73.8 cm³/mol. The molecule has 116 valence electrons. The van der Waals surface area contributed by atoms with Gasteiger partial charge in [-0.3, -0.25) is 4.79 Å². The lowest BCUT2D eigenvalue weighted by Crippen LogP contribution is -2.47. The Morgan fingerprint density at radius 3 is 2.76 bits per heavy atom. The van der Waals surface area contributed by atoms with Gasteiger partial charge in [0.2, 0.25) is 5.91 Å². The molecule has 1 aromatic carbocycles. The number of alkyl halides is 3. The molecule has 1 heterocycles. The Labute approximate surface area is 121 Å². The van der Waals surface area contributed by atoms with Crippen molar-refractivity contribution >= 4 is 5.91 Å². The van der Waals surface area contributed by atoms with E-state index in [0.717, 1.165) is 25.5 Å². The van der Waals surface area contributed by atoms with E-state index in [0.29, 0.717) is 6.04 Å². The van der Waals surface area contributed by atoms with E-state index in [1.807, 2.05) is 6.92 Å². The minimum absolute atomic E-state index is 0.0180. The second kappa shape index (κ2) is 6.47. The highest BCUT2D eigenvalue weighted by atomic mass is 19.4. The summed E-state index contributed by atoms with van der Waals surface area (Å²) < 4.78 is 38.6. The van der Waals surface area contributed by atoms with Crippen LogP contribution in [-0.2, 0) is 17.4 Å². The van der Waals surface area contributed by atoms with Crippen LogP contribution in [0.5, 0.6) is 0 Å². The van der Waals surface area contributed by atoms with Gasteiger partial charge < -0.3 is 10.6 Å². The minimum Gasteiger partial charge on any atom is -0.353 e. The molecule has 2 atom stereocenters. The van der Waals surface area contributed by atoms with Crippen molar-refractivity contribution in [2.75, 3.05) is 6.54 Å². The lowest BCUT2D eigenvalue weighted by atomic mass is 9.99. The maximum absolute atomic E-state index is 12.9. The van der Waals surface area contributed by atoms with Gasteiger partial charge in [-0.15, -0.1) is 0 Å². The van der Waals surface area contributed by atoms with Crippen molar-refractivity contribution in [1.29, 1.82) is 0 Å². The molecule has 1 aliphatic heterocycles. The van der Waals surface area contributed by atoms with Crippen molar-refractivity contribution in [2.45, 2.75) is 44.4 Å². The maximum atomic E-state index is 12.9. The number of nitrogens with one attached hydrogen (secondary N) is 2. The van der Waals surface area contributed by atoms with Crippen LogP contribution in [0.25, 0.3) is 0 Å². The number of hydrogen-bond acceptors (Lipinski definition) is 2. The first-order chi connectivity index (χ1) is 9.86. The van der Waals surface area contributed by atoms with E-state index in [4.69, 9.17) is 0 Å². The highest BCUT2D eigenvalue weighted by Gasteiger charge is 2.33. The van der Waals surface area contributed by atoms with Gasteiger partial charge in [-0.1, -0.05) is 18.2 Å². The summed E-state index contributed by atoms with van der Waals surface area (Å²) in [5.74, 6) is -0.356. The standard InChI is InChI=1S/C15H19F3N2O/c1-10-8-12(6-7-19-10)20-14(21)9-11-4-2-3-5-13(11)15(16,17)18/h2-5,10,12,19H,6-9H2,1H3,(H,20,21). The number of piperidine rings is 1. The van der Waals surface area contributed by atoms with Gasteiger partial charge in [-0.2, -0.15) is 13.2 Å². The molecule has 0 bridgehead atoms. The van der Waals surface area contributed by atoms with Crippen LogP contribution < -0.4 is 10.6 Å². The maximum Gasteiger partial charge on any atom is 0.416 e. The molecule has 1 saturated heterocycles. The zero-order chi connectivity index (χ0) is 15.5. The van der Waals surface area contributed by atoms with Gasteiger partial charge in [0.05, 0.1) is 12.0 Å². The largest absolute Gasteiger partial charge is 0.416 e. The van der Waals surface area contributed by atoms with Crippen molar-refractivity contribution in [2.24, 2.45) is 0 Å². The van der Waals surface area contributed by atoms with E-state index < -0.39 is 11.7 Å². The number of halogens is 3. The molecule has 0 aromatic heterocycles. The Balaban J connectivity index is 2.00. The van der Waals surface area contributed by atoms with Crippen LogP contribution in [0.1, 0.15) is 30.9 Å². The van der Waals surface area contributed by atoms with Crippen molar-refractivity contribution in [3.63, 3.8) is 0 Å². The summed E-state index contributed by atoms with van der Waals surface area (Å²) in [7, 11) is 0. The molecule has 21 heavy (non-hydrogen) atoms. The highest BCUT2D eigenvalue weighted by Crippen LogP contribution is 2.32. The number of amides is 1. The van der Waals surface area contributed by atoms with Crippen LogP contribution in [0, 0.1) is 0 Å². The second-order valence-electron chi connectivity index (χ2n) is 5.48. The van der Waals surface area contributed by atoms with Crippen LogP contribution in [0.3, 0.4) is 0 Å². The molecule has 1 aromatic rings. The number of carbonyl (C=O) groups is 1. The van der Waals surface area contributed by atoms with E-state index in [1.165, 1.54) is 18.2 Å². The van der Waals surface area contributed by atoms with Gasteiger partial charge in [-0.05, 0) is 37.9 Å². The summed E-state index contributed by atoms with van der Waals surface area (Å²) in [6, 6.07) is 5.56. The molecule has 1 amide bonds. The van der Waals surface area contributed by atoms with E-state index in [1.54, 1.807) is 0 Å². The van der Waals surface area contributed by atoms with Gasteiger partial charge in [0.15, 0.2) is 0 Å². The Bertz CT molecular complexity index is 502. The second-order valence-corrected chi connectivity index (χ2v) is 5.48.